The zero-order valence-electron chi connectivity index (χ0n) is 17.3. The van der Waals surface area contributed by atoms with Crippen LogP contribution < -0.4 is 21.1 Å². The molecule has 0 fully saturated rings. The Balaban J connectivity index is 2.39. The van der Waals surface area contributed by atoms with Crippen molar-refractivity contribution in [2.24, 2.45) is 5.41 Å². The third-order valence-electron chi connectivity index (χ3n) is 4.07. The van der Waals surface area contributed by atoms with Crippen LogP contribution in [0.1, 0.15) is 27.7 Å². The first kappa shape index (κ1) is 24.8. The molecule has 0 aliphatic heterocycles. The van der Waals surface area contributed by atoms with Crippen molar-refractivity contribution in [3.8, 4) is 5.75 Å². The molecule has 0 saturated carbocycles. The molecule has 1 atom stereocenters. The standard InChI is InChI=1S/C21H22Cl3N3O4/c1-10(28)31-18-14(23)8-12(9-15(18)24)26-17(19(29)21(2,3)4)20(30)27-16-7-11(25)5-6-13(16)22/h5-9,17,26H,25H2,1-4H3,(H,27,30). The van der Waals surface area contributed by atoms with Crippen LogP contribution in [0.25, 0.3) is 0 Å². The smallest absolute Gasteiger partial charge is 0.308 e. The number of carbonyl (C=O) groups excluding carboxylic acids is 3. The molecule has 0 radical (unpaired) electrons. The van der Waals surface area contributed by atoms with Crippen molar-refractivity contribution in [2.45, 2.75) is 33.7 Å². The fourth-order valence-corrected chi connectivity index (χ4v) is 3.31. The largest absolute Gasteiger partial charge is 0.424 e. The molecule has 0 bridgehead atoms. The highest BCUT2D eigenvalue weighted by atomic mass is 35.5. The summed E-state index contributed by atoms with van der Waals surface area (Å²) in [6, 6.07) is 6.10. The van der Waals surface area contributed by atoms with Crippen molar-refractivity contribution in [1.29, 1.82) is 0 Å². The van der Waals surface area contributed by atoms with Gasteiger partial charge in [0, 0.05) is 23.7 Å². The van der Waals surface area contributed by atoms with Crippen molar-refractivity contribution in [1.82, 2.24) is 0 Å². The lowest BCUT2D eigenvalue weighted by Crippen LogP contribution is -2.46. The number of benzene rings is 2. The molecule has 0 spiro atoms. The SMILES string of the molecule is CC(=O)Oc1c(Cl)cc(NC(C(=O)Nc2cc(N)ccc2Cl)C(=O)C(C)(C)C)cc1Cl. The molecule has 4 N–H and O–H groups in total. The first-order chi connectivity index (χ1) is 14.3. The Hall–Kier alpha value is -2.48. The maximum Gasteiger partial charge on any atom is 0.308 e. The molecule has 0 aliphatic carbocycles. The van der Waals surface area contributed by atoms with Crippen LogP contribution in [0, 0.1) is 5.41 Å². The Kier molecular flexibility index (Phi) is 7.81. The Bertz CT molecular complexity index is 1010. The van der Waals surface area contributed by atoms with E-state index in [-0.39, 0.29) is 38.0 Å². The fraction of sp³-hybridized carbons (Fsp3) is 0.286. The highest BCUT2D eigenvalue weighted by molar-refractivity contribution is 6.38. The number of halogens is 3. The number of carbonyl (C=O) groups is 3. The Morgan fingerprint density at radius 3 is 2.10 bits per heavy atom. The van der Waals surface area contributed by atoms with Crippen molar-refractivity contribution in [3.63, 3.8) is 0 Å². The molecule has 10 heteroatoms. The van der Waals surface area contributed by atoms with Crippen LogP contribution in [0.2, 0.25) is 15.1 Å². The lowest BCUT2D eigenvalue weighted by molar-refractivity contribution is -0.132. The predicted molar refractivity (Wildman–Crippen MR) is 124 cm³/mol. The Labute approximate surface area is 195 Å². The minimum atomic E-state index is -1.30. The van der Waals surface area contributed by atoms with E-state index in [2.05, 4.69) is 10.6 Å². The van der Waals surface area contributed by atoms with Crippen LogP contribution in [-0.2, 0) is 14.4 Å². The van der Waals surface area contributed by atoms with Crippen molar-refractivity contribution in [2.75, 3.05) is 16.4 Å². The summed E-state index contributed by atoms with van der Waals surface area (Å²) in [7, 11) is 0. The van der Waals surface area contributed by atoms with Crippen LogP contribution in [0.4, 0.5) is 17.1 Å². The van der Waals surface area contributed by atoms with Crippen LogP contribution in [0.5, 0.6) is 5.75 Å². The van der Waals surface area contributed by atoms with Gasteiger partial charge >= 0.3 is 5.97 Å². The van der Waals surface area contributed by atoms with Crippen molar-refractivity contribution in [3.05, 3.63) is 45.4 Å². The van der Waals surface area contributed by atoms with E-state index in [0.717, 1.165) is 0 Å². The summed E-state index contributed by atoms with van der Waals surface area (Å²) in [5.41, 5.74) is 5.85. The molecule has 0 aliphatic rings. The van der Waals surface area contributed by atoms with Gasteiger partial charge in [0.2, 0.25) is 0 Å². The summed E-state index contributed by atoms with van der Waals surface area (Å²) in [4.78, 5) is 37.3. The summed E-state index contributed by atoms with van der Waals surface area (Å²) in [6.45, 7) is 6.28. The zero-order chi connectivity index (χ0) is 23.5. The van der Waals surface area contributed by atoms with E-state index < -0.39 is 23.3 Å². The van der Waals surface area contributed by atoms with E-state index in [9.17, 15) is 14.4 Å². The number of nitrogen functional groups attached to an aromatic ring is 1. The molecular weight excluding hydrogens is 465 g/mol. The molecule has 1 amide bonds. The van der Waals surface area contributed by atoms with Gasteiger partial charge in [-0.3, -0.25) is 14.4 Å². The quantitative estimate of drug-likeness (QED) is 0.224. The molecule has 0 saturated heterocycles. The van der Waals surface area contributed by atoms with E-state index in [0.29, 0.717) is 5.69 Å². The predicted octanol–water partition coefficient (Wildman–Crippen LogP) is 5.19. The molecular formula is C21H22Cl3N3O4. The molecule has 1 unspecified atom stereocenters. The molecule has 7 nitrogen and oxygen atoms in total. The molecule has 31 heavy (non-hydrogen) atoms. The van der Waals surface area contributed by atoms with Gasteiger partial charge in [-0.15, -0.1) is 0 Å². The van der Waals surface area contributed by atoms with E-state index in [4.69, 9.17) is 45.3 Å². The first-order valence-corrected chi connectivity index (χ1v) is 10.3. The third-order valence-corrected chi connectivity index (χ3v) is 4.96. The Morgan fingerprint density at radius 2 is 1.58 bits per heavy atom. The highest BCUT2D eigenvalue weighted by Crippen LogP contribution is 2.36. The number of hydrogen-bond donors (Lipinski definition) is 3. The van der Waals surface area contributed by atoms with E-state index in [1.165, 1.54) is 31.2 Å². The van der Waals surface area contributed by atoms with Crippen molar-refractivity contribution >= 4 is 69.5 Å². The minimum Gasteiger partial charge on any atom is -0.424 e. The average Bonchev–Trinajstić information content (AvgIpc) is 2.64. The van der Waals surface area contributed by atoms with Crippen molar-refractivity contribution < 1.29 is 19.1 Å². The number of esters is 1. The van der Waals surface area contributed by atoms with Gasteiger partial charge in [-0.05, 0) is 30.3 Å². The number of ether oxygens (including phenoxy) is 1. The van der Waals surface area contributed by atoms with Crippen LogP contribution >= 0.6 is 34.8 Å². The molecule has 0 aromatic heterocycles. The summed E-state index contributed by atoms with van der Waals surface area (Å²) in [6.07, 6.45) is 0. The number of anilines is 3. The number of Topliss-reactive ketones (excluding diaryl/α,β-unsaturated/α-hetero) is 1. The lowest BCUT2D eigenvalue weighted by atomic mass is 9.86. The van der Waals surface area contributed by atoms with Crippen LogP contribution in [0.15, 0.2) is 30.3 Å². The topological polar surface area (TPSA) is 111 Å². The maximum atomic E-state index is 13.0. The summed E-state index contributed by atoms with van der Waals surface area (Å²) in [5.74, 6) is -1.65. The number of ketones is 1. The summed E-state index contributed by atoms with van der Waals surface area (Å²) in [5, 5.41) is 5.81. The van der Waals surface area contributed by atoms with Crippen LogP contribution in [0.3, 0.4) is 0 Å². The van der Waals surface area contributed by atoms with E-state index >= 15 is 0 Å². The Morgan fingerprint density at radius 1 is 1.00 bits per heavy atom. The van der Waals surface area contributed by atoms with E-state index in [1.807, 2.05) is 0 Å². The number of amides is 1. The number of rotatable bonds is 6. The minimum absolute atomic E-state index is 0.0175. The van der Waals surface area contributed by atoms with Gasteiger partial charge in [0.25, 0.3) is 5.91 Å². The van der Waals surface area contributed by atoms with Gasteiger partial charge in [-0.1, -0.05) is 55.6 Å². The van der Waals surface area contributed by atoms with Gasteiger partial charge in [0.1, 0.15) is 0 Å². The normalized spacial score (nSPS) is 12.1. The van der Waals surface area contributed by atoms with Gasteiger partial charge in [-0.2, -0.15) is 0 Å². The highest BCUT2D eigenvalue weighted by Gasteiger charge is 2.35. The maximum absolute atomic E-state index is 13.0. The monoisotopic (exact) mass is 485 g/mol. The van der Waals surface area contributed by atoms with Gasteiger partial charge in [-0.25, -0.2) is 0 Å². The molecule has 0 heterocycles. The molecule has 2 aromatic carbocycles. The van der Waals surface area contributed by atoms with Crippen LogP contribution in [-0.4, -0.2) is 23.7 Å². The molecule has 2 rings (SSSR count). The second kappa shape index (κ2) is 9.77. The zero-order valence-corrected chi connectivity index (χ0v) is 19.6. The molecule has 2 aromatic rings. The number of nitrogens with one attached hydrogen (secondary N) is 2. The number of nitrogens with two attached hydrogens (primary N) is 1. The first-order valence-electron chi connectivity index (χ1n) is 9.14. The third kappa shape index (κ3) is 6.50. The average molecular weight is 487 g/mol. The van der Waals surface area contributed by atoms with Gasteiger partial charge in [0.05, 0.1) is 20.8 Å². The molecule has 166 valence electrons. The summed E-state index contributed by atoms with van der Waals surface area (Å²) < 4.78 is 4.98. The van der Waals surface area contributed by atoms with Gasteiger partial charge in [0.15, 0.2) is 17.6 Å². The second-order valence-electron chi connectivity index (χ2n) is 7.78. The van der Waals surface area contributed by atoms with E-state index in [1.54, 1.807) is 26.8 Å². The number of hydrogen-bond acceptors (Lipinski definition) is 6. The lowest BCUT2D eigenvalue weighted by Gasteiger charge is -2.26. The summed E-state index contributed by atoms with van der Waals surface area (Å²) >= 11 is 18.4. The van der Waals surface area contributed by atoms with Gasteiger partial charge < -0.3 is 21.1 Å². The fourth-order valence-electron chi connectivity index (χ4n) is 2.58. The second-order valence-corrected chi connectivity index (χ2v) is 9.00.